The molecule has 0 spiro atoms. The Balaban J connectivity index is 2.60. The van der Waals surface area contributed by atoms with Gasteiger partial charge in [0.15, 0.2) is 0 Å². The number of ether oxygens (including phenoxy) is 1. The topological polar surface area (TPSA) is 15.7 Å². The van der Waals surface area contributed by atoms with Gasteiger partial charge >= 0.3 is 92.2 Å². The van der Waals surface area contributed by atoms with Crippen LogP contribution in [0.3, 0.4) is 0 Å². The Morgan fingerprint density at radius 2 is 2.15 bits per heavy atom. The number of rotatable bonds is 3. The first-order valence-corrected chi connectivity index (χ1v) is 9.33. The molecule has 0 saturated carbocycles. The van der Waals surface area contributed by atoms with Gasteiger partial charge in [0.25, 0.3) is 0 Å². The van der Waals surface area contributed by atoms with Crippen LogP contribution in [0.25, 0.3) is 0 Å². The van der Waals surface area contributed by atoms with Crippen LogP contribution in [0, 0.1) is 0 Å². The van der Waals surface area contributed by atoms with Crippen LogP contribution < -0.4 is 0 Å². The SMILES string of the molecule is COCCN1CCN(C)[C]1=[Ru]([Cl])[Cl]. The molecule has 1 heterocycles. The molecule has 0 aromatic carbocycles. The number of halogens is 2. The maximum atomic E-state index is 6.00. The summed E-state index contributed by atoms with van der Waals surface area (Å²) >= 11 is -1.77. The zero-order valence-corrected chi connectivity index (χ0v) is 11.0. The van der Waals surface area contributed by atoms with E-state index in [1.165, 1.54) is 0 Å². The second-order valence-corrected chi connectivity index (χ2v) is 8.50. The fourth-order valence-corrected chi connectivity index (χ4v) is 4.99. The van der Waals surface area contributed by atoms with Gasteiger partial charge in [-0.3, -0.25) is 0 Å². The first kappa shape index (κ1) is 12.0. The van der Waals surface area contributed by atoms with Crippen LogP contribution >= 0.6 is 19.4 Å². The molecule has 1 fully saturated rings. The molecule has 0 aromatic heterocycles. The van der Waals surface area contributed by atoms with Gasteiger partial charge in [0.2, 0.25) is 0 Å². The van der Waals surface area contributed by atoms with E-state index < -0.39 is 13.5 Å². The Bertz CT molecular complexity index is 209. The van der Waals surface area contributed by atoms with Crippen LogP contribution in [0.2, 0.25) is 0 Å². The molecule has 1 saturated heterocycles. The van der Waals surface area contributed by atoms with E-state index in [2.05, 4.69) is 9.80 Å². The standard InChI is InChI=1S/C7H14N2O.2ClH.Ru/c1-8-3-4-9(7-8)5-6-10-2;;;/h3-6H2,1-2H3;2*1H;/q;;;+2/p-2. The molecule has 1 aliphatic rings. The zero-order valence-electron chi connectivity index (χ0n) is 7.74. The van der Waals surface area contributed by atoms with Gasteiger partial charge in [0.1, 0.15) is 0 Å². The Morgan fingerprint density at radius 1 is 1.46 bits per heavy atom. The third-order valence-electron chi connectivity index (χ3n) is 1.95. The Hall–Kier alpha value is 0.953. The monoisotopic (exact) mass is 314 g/mol. The van der Waals surface area contributed by atoms with E-state index in [0.717, 1.165) is 30.6 Å². The Labute approximate surface area is 92.0 Å². The van der Waals surface area contributed by atoms with Crippen LogP contribution in [0.15, 0.2) is 0 Å². The fourth-order valence-electron chi connectivity index (χ4n) is 1.28. The number of hydrogen-bond acceptors (Lipinski definition) is 3. The molecule has 13 heavy (non-hydrogen) atoms. The molecule has 0 N–H and O–H groups in total. The molecule has 0 aliphatic carbocycles. The van der Waals surface area contributed by atoms with Gasteiger partial charge in [0, 0.05) is 0 Å². The van der Waals surface area contributed by atoms with Crippen molar-refractivity contribution in [3.8, 4) is 0 Å². The van der Waals surface area contributed by atoms with Crippen molar-refractivity contribution in [2.75, 3.05) is 40.4 Å². The average Bonchev–Trinajstić information content (AvgIpc) is 2.43. The van der Waals surface area contributed by atoms with Gasteiger partial charge in [-0.1, -0.05) is 0 Å². The third kappa shape index (κ3) is 3.22. The quantitative estimate of drug-likeness (QED) is 0.720. The number of hydrogen-bond donors (Lipinski definition) is 0. The normalized spacial score (nSPS) is 21.2. The molecule has 0 atom stereocenters. The van der Waals surface area contributed by atoms with E-state index in [-0.39, 0.29) is 0 Å². The van der Waals surface area contributed by atoms with Gasteiger partial charge in [-0.05, 0) is 0 Å². The summed E-state index contributed by atoms with van der Waals surface area (Å²) in [7, 11) is 15.7. The van der Waals surface area contributed by atoms with E-state index in [9.17, 15) is 0 Å². The molecule has 1 rings (SSSR count). The Kier molecular flexibility index (Phi) is 5.31. The molecule has 0 unspecified atom stereocenters. The first-order valence-electron chi connectivity index (χ1n) is 3.98. The molecule has 6 heteroatoms. The Morgan fingerprint density at radius 3 is 2.69 bits per heavy atom. The van der Waals surface area contributed by atoms with E-state index >= 15 is 0 Å². The molecular formula is C7H14Cl2N2ORu. The summed E-state index contributed by atoms with van der Waals surface area (Å²) in [5.74, 6) is 0. The molecule has 0 amide bonds. The minimum absolute atomic E-state index is 0.729. The van der Waals surface area contributed by atoms with Crippen molar-refractivity contribution in [2.24, 2.45) is 0 Å². The minimum atomic E-state index is -1.77. The van der Waals surface area contributed by atoms with Crippen LogP contribution in [0.4, 0.5) is 0 Å². The van der Waals surface area contributed by atoms with Gasteiger partial charge in [-0.25, -0.2) is 0 Å². The van der Waals surface area contributed by atoms with E-state index in [4.69, 9.17) is 24.1 Å². The van der Waals surface area contributed by atoms with Crippen molar-refractivity contribution in [2.45, 2.75) is 0 Å². The second-order valence-electron chi connectivity index (χ2n) is 2.84. The second kappa shape index (κ2) is 5.74. The van der Waals surface area contributed by atoms with Crippen molar-refractivity contribution in [3.63, 3.8) is 0 Å². The van der Waals surface area contributed by atoms with Crippen molar-refractivity contribution < 1.29 is 18.3 Å². The van der Waals surface area contributed by atoms with Gasteiger partial charge in [-0.15, -0.1) is 0 Å². The van der Waals surface area contributed by atoms with Crippen LogP contribution in [-0.4, -0.2) is 54.6 Å². The maximum absolute atomic E-state index is 6.00. The third-order valence-corrected chi connectivity index (χ3v) is 5.16. The van der Waals surface area contributed by atoms with E-state index in [0.29, 0.717) is 0 Å². The molecule has 3 nitrogen and oxygen atoms in total. The first-order chi connectivity index (χ1) is 6.16. The summed E-state index contributed by atoms with van der Waals surface area (Å²) in [4.78, 5) is 4.37. The van der Waals surface area contributed by atoms with Gasteiger partial charge < -0.3 is 0 Å². The zero-order chi connectivity index (χ0) is 9.84. The van der Waals surface area contributed by atoms with Gasteiger partial charge in [-0.2, -0.15) is 0 Å². The average molecular weight is 314 g/mol. The predicted octanol–water partition coefficient (Wildman–Crippen LogP) is 0.893. The van der Waals surface area contributed by atoms with Crippen LogP contribution in [0.1, 0.15) is 0 Å². The molecule has 80 valence electrons. The molecule has 0 radical (unpaired) electrons. The van der Waals surface area contributed by atoms with E-state index in [1.807, 2.05) is 7.05 Å². The molecule has 1 aliphatic heterocycles. The summed E-state index contributed by atoms with van der Waals surface area (Å²) in [5, 5.41) is 0. The number of likely N-dealkylation sites (N-methyl/N-ethyl adjacent to an activating group) is 1. The number of nitrogens with zero attached hydrogens (tertiary/aromatic N) is 2. The number of methoxy groups -OCH3 is 1. The van der Waals surface area contributed by atoms with Crippen LogP contribution in [-0.2, 0) is 18.3 Å². The summed E-state index contributed by atoms with van der Waals surface area (Å²) in [6, 6.07) is 0. The van der Waals surface area contributed by atoms with Crippen molar-refractivity contribution in [3.05, 3.63) is 0 Å². The summed E-state index contributed by atoms with van der Waals surface area (Å²) in [6.45, 7) is 3.65. The molecule has 0 aromatic rings. The van der Waals surface area contributed by atoms with Crippen LogP contribution in [0.5, 0.6) is 0 Å². The van der Waals surface area contributed by atoms with Crippen molar-refractivity contribution in [1.82, 2.24) is 9.80 Å². The molecular weight excluding hydrogens is 300 g/mol. The molecule has 0 bridgehead atoms. The fraction of sp³-hybridized carbons (Fsp3) is 0.857. The summed E-state index contributed by atoms with van der Waals surface area (Å²) < 4.78 is 6.15. The summed E-state index contributed by atoms with van der Waals surface area (Å²) in [6.07, 6.45) is 0. The summed E-state index contributed by atoms with van der Waals surface area (Å²) in [5.41, 5.74) is 0. The van der Waals surface area contributed by atoms with Crippen molar-refractivity contribution >= 4 is 23.7 Å². The van der Waals surface area contributed by atoms with Gasteiger partial charge in [0.05, 0.1) is 0 Å². The van der Waals surface area contributed by atoms with Crippen molar-refractivity contribution in [1.29, 1.82) is 0 Å². The predicted molar refractivity (Wildman–Crippen MR) is 52.8 cm³/mol. The van der Waals surface area contributed by atoms with E-state index in [1.54, 1.807) is 7.11 Å².